The lowest BCUT2D eigenvalue weighted by Gasteiger charge is -2.33. The van der Waals surface area contributed by atoms with Gasteiger partial charge in [-0.2, -0.15) is 11.3 Å². The van der Waals surface area contributed by atoms with Crippen LogP contribution in [0.15, 0.2) is 16.8 Å². The van der Waals surface area contributed by atoms with Gasteiger partial charge in [0.25, 0.3) is 0 Å². The van der Waals surface area contributed by atoms with E-state index in [0.717, 1.165) is 13.0 Å². The van der Waals surface area contributed by atoms with Crippen molar-refractivity contribution in [2.24, 2.45) is 5.73 Å². The van der Waals surface area contributed by atoms with Crippen LogP contribution in [0, 0.1) is 0 Å². The normalized spacial score (nSPS) is 27.5. The van der Waals surface area contributed by atoms with Gasteiger partial charge in [0.2, 0.25) is 0 Å². The van der Waals surface area contributed by atoms with Crippen LogP contribution in [0.25, 0.3) is 0 Å². The van der Waals surface area contributed by atoms with E-state index in [1.54, 1.807) is 11.3 Å². The molecule has 0 saturated carbocycles. The maximum absolute atomic E-state index is 5.90. The third-order valence-corrected chi connectivity index (χ3v) is 4.20. The number of rotatable bonds is 4. The Balaban J connectivity index is 2.09. The fraction of sp³-hybridized carbons (Fsp3) is 0.667. The van der Waals surface area contributed by atoms with E-state index >= 15 is 0 Å². The molecule has 3 atom stereocenters. The van der Waals surface area contributed by atoms with Crippen LogP contribution in [0.4, 0.5) is 0 Å². The van der Waals surface area contributed by atoms with Crippen molar-refractivity contribution in [1.29, 1.82) is 0 Å². The predicted molar refractivity (Wildman–Crippen MR) is 67.7 cm³/mol. The Kier molecular flexibility index (Phi) is 3.97. The highest BCUT2D eigenvalue weighted by atomic mass is 32.1. The summed E-state index contributed by atoms with van der Waals surface area (Å²) in [7, 11) is 2.16. The van der Waals surface area contributed by atoms with Crippen LogP contribution < -0.4 is 5.73 Å². The van der Waals surface area contributed by atoms with Crippen LogP contribution in [0.1, 0.15) is 24.9 Å². The van der Waals surface area contributed by atoms with Crippen molar-refractivity contribution >= 4 is 11.3 Å². The molecule has 3 unspecified atom stereocenters. The number of ether oxygens (including phenoxy) is 1. The summed E-state index contributed by atoms with van der Waals surface area (Å²) in [6.07, 6.45) is 1.43. The highest BCUT2D eigenvalue weighted by Crippen LogP contribution is 2.28. The second-order valence-corrected chi connectivity index (χ2v) is 5.19. The van der Waals surface area contributed by atoms with Gasteiger partial charge in [-0.15, -0.1) is 0 Å². The summed E-state index contributed by atoms with van der Waals surface area (Å²) < 4.78 is 5.62. The van der Waals surface area contributed by atoms with Gasteiger partial charge in [0.05, 0.1) is 6.10 Å². The van der Waals surface area contributed by atoms with Crippen molar-refractivity contribution in [1.82, 2.24) is 4.90 Å². The zero-order valence-electron chi connectivity index (χ0n) is 9.93. The topological polar surface area (TPSA) is 38.5 Å². The zero-order chi connectivity index (χ0) is 11.5. The molecule has 1 aliphatic heterocycles. The van der Waals surface area contributed by atoms with E-state index < -0.39 is 0 Å². The highest BCUT2D eigenvalue weighted by molar-refractivity contribution is 7.07. The van der Waals surface area contributed by atoms with Gasteiger partial charge < -0.3 is 10.5 Å². The van der Waals surface area contributed by atoms with Crippen molar-refractivity contribution in [3.05, 3.63) is 22.4 Å². The molecule has 0 aliphatic carbocycles. The lowest BCUT2D eigenvalue weighted by atomic mass is 10.0. The zero-order valence-corrected chi connectivity index (χ0v) is 10.7. The minimum absolute atomic E-state index is 0.317. The first-order chi connectivity index (χ1) is 7.74. The second-order valence-electron chi connectivity index (χ2n) is 4.41. The van der Waals surface area contributed by atoms with Gasteiger partial charge in [-0.25, -0.2) is 0 Å². The first-order valence-corrected chi connectivity index (χ1v) is 6.74. The van der Waals surface area contributed by atoms with Crippen LogP contribution in [0.2, 0.25) is 0 Å². The molecule has 2 heterocycles. The molecule has 1 saturated heterocycles. The largest absolute Gasteiger partial charge is 0.377 e. The van der Waals surface area contributed by atoms with Gasteiger partial charge in [0.15, 0.2) is 0 Å². The molecule has 0 spiro atoms. The van der Waals surface area contributed by atoms with E-state index in [9.17, 15) is 0 Å². The molecule has 3 nitrogen and oxygen atoms in total. The average molecular weight is 240 g/mol. The molecule has 1 fully saturated rings. The number of nitrogens with zero attached hydrogens (tertiary/aromatic N) is 1. The van der Waals surface area contributed by atoms with Gasteiger partial charge in [-0.3, -0.25) is 4.90 Å². The van der Waals surface area contributed by atoms with Crippen LogP contribution in [-0.4, -0.2) is 37.2 Å². The van der Waals surface area contributed by atoms with Crippen molar-refractivity contribution in [2.75, 3.05) is 20.2 Å². The Hall–Kier alpha value is -0.420. The van der Waals surface area contributed by atoms with Crippen LogP contribution in [0.3, 0.4) is 0 Å². The molecule has 0 amide bonds. The second kappa shape index (κ2) is 5.27. The van der Waals surface area contributed by atoms with Gasteiger partial charge in [0.1, 0.15) is 0 Å². The quantitative estimate of drug-likeness (QED) is 0.873. The van der Waals surface area contributed by atoms with Crippen LogP contribution in [0.5, 0.6) is 0 Å². The average Bonchev–Trinajstić information content (AvgIpc) is 2.90. The van der Waals surface area contributed by atoms with Gasteiger partial charge in [0, 0.05) is 25.2 Å². The molecule has 0 bridgehead atoms. The predicted octanol–water partition coefficient (Wildman–Crippen LogP) is 1.86. The summed E-state index contributed by atoms with van der Waals surface area (Å²) in [5, 5.41) is 4.30. The molecule has 4 heteroatoms. The molecule has 16 heavy (non-hydrogen) atoms. The monoisotopic (exact) mass is 240 g/mol. The summed E-state index contributed by atoms with van der Waals surface area (Å²) >= 11 is 1.73. The van der Waals surface area contributed by atoms with Crippen LogP contribution in [-0.2, 0) is 4.74 Å². The van der Waals surface area contributed by atoms with E-state index in [-0.39, 0.29) is 0 Å². The lowest BCUT2D eigenvalue weighted by Crippen LogP contribution is -2.41. The summed E-state index contributed by atoms with van der Waals surface area (Å²) in [6.45, 7) is 3.68. The van der Waals surface area contributed by atoms with Gasteiger partial charge in [-0.1, -0.05) is 0 Å². The molecular formula is C12H20N2OS. The first-order valence-electron chi connectivity index (χ1n) is 5.79. The summed E-state index contributed by atoms with van der Waals surface area (Å²) in [5.74, 6) is 0. The molecule has 2 N–H and O–H groups in total. The molecule has 1 aliphatic rings. The van der Waals surface area contributed by atoms with E-state index in [1.165, 1.54) is 5.56 Å². The molecule has 1 aromatic rings. The SMILES string of the molecule is CC1OCCC1N(C)C(CN)c1ccsc1. The number of nitrogens with two attached hydrogens (primary N) is 1. The van der Waals surface area contributed by atoms with E-state index in [0.29, 0.717) is 24.7 Å². The Morgan fingerprint density at radius 1 is 1.69 bits per heavy atom. The Bertz CT molecular complexity index is 315. The number of hydrogen-bond donors (Lipinski definition) is 1. The lowest BCUT2D eigenvalue weighted by molar-refractivity contribution is 0.0687. The highest BCUT2D eigenvalue weighted by Gasteiger charge is 2.31. The smallest absolute Gasteiger partial charge is 0.0703 e. The summed E-state index contributed by atoms with van der Waals surface area (Å²) in [4.78, 5) is 2.37. The maximum Gasteiger partial charge on any atom is 0.0703 e. The molecule has 0 aromatic carbocycles. The fourth-order valence-corrected chi connectivity index (χ4v) is 3.20. The number of hydrogen-bond acceptors (Lipinski definition) is 4. The summed E-state index contributed by atoms with van der Waals surface area (Å²) in [6, 6.07) is 2.98. The molecule has 0 radical (unpaired) electrons. The molecule has 90 valence electrons. The standard InChI is InChI=1S/C12H20N2OS/c1-9-11(3-5-15-9)14(2)12(7-13)10-4-6-16-8-10/h4,6,8-9,11-12H,3,5,7,13H2,1-2H3. The van der Waals surface area contributed by atoms with E-state index in [4.69, 9.17) is 10.5 Å². The third kappa shape index (κ3) is 2.30. The molecule has 2 rings (SSSR count). The van der Waals surface area contributed by atoms with Crippen LogP contribution >= 0.6 is 11.3 Å². The van der Waals surface area contributed by atoms with Crippen molar-refractivity contribution < 1.29 is 4.74 Å². The maximum atomic E-state index is 5.90. The van der Waals surface area contributed by atoms with Gasteiger partial charge in [-0.05, 0) is 42.8 Å². The Morgan fingerprint density at radius 2 is 2.50 bits per heavy atom. The fourth-order valence-electron chi connectivity index (χ4n) is 2.49. The minimum Gasteiger partial charge on any atom is -0.377 e. The molecular weight excluding hydrogens is 220 g/mol. The minimum atomic E-state index is 0.317. The number of thiophene rings is 1. The van der Waals surface area contributed by atoms with Crippen molar-refractivity contribution in [3.63, 3.8) is 0 Å². The molecule has 1 aromatic heterocycles. The summed E-state index contributed by atoms with van der Waals surface area (Å²) in [5.41, 5.74) is 7.23. The third-order valence-electron chi connectivity index (χ3n) is 3.50. The first kappa shape index (κ1) is 12.0. The number of likely N-dealkylation sites (N-methyl/N-ethyl adjacent to an activating group) is 1. The van der Waals surface area contributed by atoms with Gasteiger partial charge >= 0.3 is 0 Å². The Labute approximate surface area is 101 Å². The Morgan fingerprint density at radius 3 is 3.00 bits per heavy atom. The van der Waals surface area contributed by atoms with E-state index in [2.05, 4.69) is 35.7 Å². The van der Waals surface area contributed by atoms with Crippen molar-refractivity contribution in [3.8, 4) is 0 Å². The van der Waals surface area contributed by atoms with E-state index in [1.807, 2.05) is 0 Å². The van der Waals surface area contributed by atoms with Crippen molar-refractivity contribution in [2.45, 2.75) is 31.5 Å².